The molecule has 0 amide bonds. The highest BCUT2D eigenvalue weighted by Gasteiger charge is 2.32. The summed E-state index contributed by atoms with van der Waals surface area (Å²) in [6, 6.07) is 11.0. The van der Waals surface area contributed by atoms with Crippen LogP contribution in [0.3, 0.4) is 0 Å². The number of anilines is 1. The van der Waals surface area contributed by atoms with Crippen molar-refractivity contribution < 1.29 is 4.79 Å². The Kier molecular flexibility index (Phi) is 4.47. The van der Waals surface area contributed by atoms with Gasteiger partial charge in [-0.2, -0.15) is 5.10 Å². The first-order chi connectivity index (χ1) is 10.6. The molecule has 2 heterocycles. The van der Waals surface area contributed by atoms with Crippen LogP contribution in [-0.2, 0) is 4.79 Å². The van der Waals surface area contributed by atoms with Crippen molar-refractivity contribution in [1.82, 2.24) is 4.98 Å². The third-order valence-corrected chi connectivity index (χ3v) is 4.38. The van der Waals surface area contributed by atoms with E-state index >= 15 is 0 Å². The maximum Gasteiger partial charge on any atom is 0.268 e. The maximum atomic E-state index is 11.5. The van der Waals surface area contributed by atoms with Crippen LogP contribution in [-0.4, -0.2) is 15.9 Å². The van der Waals surface area contributed by atoms with Crippen LogP contribution in [0.2, 0.25) is 5.02 Å². The van der Waals surface area contributed by atoms with Crippen molar-refractivity contribution in [3.8, 4) is 0 Å². The van der Waals surface area contributed by atoms with Gasteiger partial charge in [0, 0.05) is 12.6 Å². The molecule has 0 N–H and O–H groups in total. The van der Waals surface area contributed by atoms with Crippen LogP contribution in [0, 0.1) is 0 Å². The number of hydrazone groups is 1. The number of carbonyl (C=O) groups excluding carboxylic acids is 1. The summed E-state index contributed by atoms with van der Waals surface area (Å²) in [5, 5.41) is 6.08. The lowest BCUT2D eigenvalue weighted by atomic mass is 10.0. The topological polar surface area (TPSA) is 45.6 Å². The first-order valence-corrected chi connectivity index (χ1v) is 8.03. The molecule has 1 unspecified atom stereocenters. The Labute approximate surface area is 145 Å². The van der Waals surface area contributed by atoms with Crippen LogP contribution >= 0.6 is 39.1 Å². The molecule has 4 nitrogen and oxygen atoms in total. The van der Waals surface area contributed by atoms with Crippen LogP contribution in [0.15, 0.2) is 52.3 Å². The fraction of sp³-hybridized carbons (Fsp3) is 0.133. The molecule has 0 radical (unpaired) electrons. The predicted octanol–water partition coefficient (Wildman–Crippen LogP) is 4.57. The largest absolute Gasteiger partial charge is 0.274 e. The number of para-hydroxylation sites is 1. The Balaban J connectivity index is 2.04. The van der Waals surface area contributed by atoms with Crippen LogP contribution < -0.4 is 5.01 Å². The zero-order chi connectivity index (χ0) is 15.7. The molecule has 22 heavy (non-hydrogen) atoms. The molecular weight excluding hydrogens is 389 g/mol. The van der Waals surface area contributed by atoms with E-state index in [1.807, 2.05) is 30.3 Å². The van der Waals surface area contributed by atoms with E-state index in [9.17, 15) is 4.79 Å². The van der Waals surface area contributed by atoms with E-state index in [1.54, 1.807) is 17.3 Å². The van der Waals surface area contributed by atoms with Crippen molar-refractivity contribution in [3.63, 3.8) is 0 Å². The molecule has 1 atom stereocenters. The van der Waals surface area contributed by atoms with Gasteiger partial charge in [0.05, 0.1) is 16.8 Å². The van der Waals surface area contributed by atoms with Crippen LogP contribution in [0.25, 0.3) is 0 Å². The van der Waals surface area contributed by atoms with Gasteiger partial charge < -0.3 is 0 Å². The van der Waals surface area contributed by atoms with E-state index in [4.69, 9.17) is 23.2 Å². The van der Waals surface area contributed by atoms with E-state index in [0.29, 0.717) is 17.2 Å². The number of pyridine rings is 1. The van der Waals surface area contributed by atoms with Crippen molar-refractivity contribution in [1.29, 1.82) is 0 Å². The fourth-order valence-electron chi connectivity index (χ4n) is 2.33. The summed E-state index contributed by atoms with van der Waals surface area (Å²) in [5.41, 5.74) is 1.97. The summed E-state index contributed by atoms with van der Waals surface area (Å²) in [6.45, 7) is 0. The van der Waals surface area contributed by atoms with E-state index in [2.05, 4.69) is 26.0 Å². The summed E-state index contributed by atoms with van der Waals surface area (Å²) < 4.78 is 0.744. The van der Waals surface area contributed by atoms with E-state index in [0.717, 1.165) is 15.9 Å². The molecule has 3 rings (SSSR count). The molecule has 7 heteroatoms. The van der Waals surface area contributed by atoms with Gasteiger partial charge in [-0.05, 0) is 51.3 Å². The van der Waals surface area contributed by atoms with Gasteiger partial charge in [0.25, 0.3) is 5.24 Å². The van der Waals surface area contributed by atoms with Crippen LogP contribution in [0.5, 0.6) is 0 Å². The number of aromatic nitrogens is 1. The number of nitrogens with zero attached hydrogens (tertiary/aromatic N) is 3. The smallest absolute Gasteiger partial charge is 0.268 e. The monoisotopic (exact) mass is 397 g/mol. The molecule has 1 aromatic carbocycles. The molecule has 0 saturated heterocycles. The Hall–Kier alpha value is -1.43. The van der Waals surface area contributed by atoms with Gasteiger partial charge in [0.1, 0.15) is 10.3 Å². The second-order valence-electron chi connectivity index (χ2n) is 4.75. The maximum absolute atomic E-state index is 11.5. The summed E-state index contributed by atoms with van der Waals surface area (Å²) >= 11 is 15.2. The molecular formula is C15H10BrCl2N3O. The van der Waals surface area contributed by atoms with E-state index in [1.165, 1.54) is 0 Å². The van der Waals surface area contributed by atoms with Crippen molar-refractivity contribution in [3.05, 3.63) is 57.8 Å². The number of halogens is 3. The summed E-state index contributed by atoms with van der Waals surface area (Å²) in [4.78, 5) is 15.7. The molecule has 1 aliphatic heterocycles. The zero-order valence-electron chi connectivity index (χ0n) is 11.2. The number of benzene rings is 1. The molecule has 0 fully saturated rings. The SMILES string of the molecule is O=C(Cl)C1=NN(c2ccccc2Cl)C(c2ccc(Br)nc2)C1. The minimum absolute atomic E-state index is 0.168. The van der Waals surface area contributed by atoms with Gasteiger partial charge in [0.15, 0.2) is 0 Å². The lowest BCUT2D eigenvalue weighted by Gasteiger charge is -2.24. The van der Waals surface area contributed by atoms with Crippen molar-refractivity contribution in [2.75, 3.05) is 5.01 Å². The van der Waals surface area contributed by atoms with Crippen molar-refractivity contribution in [2.45, 2.75) is 12.5 Å². The second kappa shape index (κ2) is 6.36. The number of hydrogen-bond acceptors (Lipinski definition) is 4. The molecule has 1 aliphatic rings. The van der Waals surface area contributed by atoms with Gasteiger partial charge in [-0.15, -0.1) is 0 Å². The third kappa shape index (κ3) is 3.02. The standard InChI is InChI=1S/C15H10BrCl2N3O/c16-14-6-5-9(8-19-14)13-7-11(15(18)22)20-21(13)12-4-2-1-3-10(12)17/h1-6,8,13H,7H2. The van der Waals surface area contributed by atoms with Gasteiger partial charge in [0.2, 0.25) is 0 Å². The van der Waals surface area contributed by atoms with Crippen LogP contribution in [0.4, 0.5) is 5.69 Å². The average molecular weight is 399 g/mol. The van der Waals surface area contributed by atoms with Crippen LogP contribution in [0.1, 0.15) is 18.0 Å². The highest BCUT2D eigenvalue weighted by Crippen LogP contribution is 2.38. The molecule has 0 saturated carbocycles. The molecule has 0 bridgehead atoms. The van der Waals surface area contributed by atoms with Gasteiger partial charge >= 0.3 is 0 Å². The summed E-state index contributed by atoms with van der Waals surface area (Å²) in [6.07, 6.45) is 2.16. The average Bonchev–Trinajstić information content (AvgIpc) is 2.94. The lowest BCUT2D eigenvalue weighted by Crippen LogP contribution is -2.19. The number of hydrogen-bond donors (Lipinski definition) is 0. The predicted molar refractivity (Wildman–Crippen MR) is 91.5 cm³/mol. The first-order valence-electron chi connectivity index (χ1n) is 6.49. The molecule has 2 aromatic rings. The molecule has 112 valence electrons. The molecule has 1 aromatic heterocycles. The van der Waals surface area contributed by atoms with Gasteiger partial charge in [-0.1, -0.05) is 29.8 Å². The second-order valence-corrected chi connectivity index (χ2v) is 6.31. The normalized spacial score (nSPS) is 17.5. The van der Waals surface area contributed by atoms with Crippen molar-refractivity contribution in [2.24, 2.45) is 5.10 Å². The lowest BCUT2D eigenvalue weighted by molar-refractivity contribution is -0.106. The van der Waals surface area contributed by atoms with Gasteiger partial charge in [-0.25, -0.2) is 4.98 Å². The Bertz CT molecular complexity index is 749. The van der Waals surface area contributed by atoms with Gasteiger partial charge in [-0.3, -0.25) is 9.80 Å². The Morgan fingerprint density at radius 1 is 1.27 bits per heavy atom. The minimum atomic E-state index is -0.551. The van der Waals surface area contributed by atoms with Crippen molar-refractivity contribution >= 4 is 55.8 Å². The Morgan fingerprint density at radius 3 is 2.68 bits per heavy atom. The van der Waals surface area contributed by atoms with E-state index in [-0.39, 0.29) is 6.04 Å². The third-order valence-electron chi connectivity index (χ3n) is 3.37. The zero-order valence-corrected chi connectivity index (χ0v) is 14.3. The highest BCUT2D eigenvalue weighted by atomic mass is 79.9. The first kappa shape index (κ1) is 15.5. The Morgan fingerprint density at radius 2 is 2.05 bits per heavy atom. The molecule has 0 aliphatic carbocycles. The highest BCUT2D eigenvalue weighted by molar-refractivity contribution is 9.10. The quantitative estimate of drug-likeness (QED) is 0.561. The molecule has 0 spiro atoms. The van der Waals surface area contributed by atoms with E-state index < -0.39 is 5.24 Å². The number of rotatable bonds is 3. The summed E-state index contributed by atoms with van der Waals surface area (Å²) in [5.74, 6) is 0. The fourth-order valence-corrected chi connectivity index (χ4v) is 2.90. The summed E-state index contributed by atoms with van der Waals surface area (Å²) in [7, 11) is 0. The minimum Gasteiger partial charge on any atom is -0.274 e. The number of carbonyl (C=O) groups is 1.